The minimum absolute atomic E-state index is 0.0579. The van der Waals surface area contributed by atoms with E-state index in [0.717, 1.165) is 28.9 Å². The van der Waals surface area contributed by atoms with E-state index < -0.39 is 0 Å². The summed E-state index contributed by atoms with van der Waals surface area (Å²) in [5.74, 6) is 0.868. The number of rotatable bonds is 7. The Bertz CT molecular complexity index is 753. The van der Waals surface area contributed by atoms with E-state index in [1.807, 2.05) is 50.2 Å². The molecule has 1 amide bonds. The van der Waals surface area contributed by atoms with Gasteiger partial charge in [-0.15, -0.1) is 0 Å². The van der Waals surface area contributed by atoms with Gasteiger partial charge in [-0.2, -0.15) is 5.10 Å². The number of carbonyl (C=O) groups excluding carboxylic acids is 1. The Kier molecular flexibility index (Phi) is 6.75. The molecule has 1 atom stereocenters. The van der Waals surface area contributed by atoms with Crippen LogP contribution in [0.2, 0.25) is 0 Å². The molecule has 2 rings (SSSR count). The van der Waals surface area contributed by atoms with Crippen LogP contribution in [0.1, 0.15) is 48.4 Å². The monoisotopic (exact) mass is 338 g/mol. The molecule has 0 radical (unpaired) electrons. The highest BCUT2D eigenvalue weighted by molar-refractivity contribution is 5.84. The molecule has 1 N–H and O–H groups in total. The third-order valence-corrected chi connectivity index (χ3v) is 4.24. The normalized spacial score (nSPS) is 12.2. The Morgan fingerprint density at radius 2 is 2.00 bits per heavy atom. The molecule has 132 valence electrons. The summed E-state index contributed by atoms with van der Waals surface area (Å²) in [5.41, 5.74) is 6.94. The molecule has 0 fully saturated rings. The van der Waals surface area contributed by atoms with Crippen molar-refractivity contribution in [1.29, 1.82) is 0 Å². The van der Waals surface area contributed by atoms with E-state index >= 15 is 0 Å². The first-order valence-corrected chi connectivity index (χ1v) is 8.62. The average molecular weight is 338 g/mol. The van der Waals surface area contributed by atoms with Gasteiger partial charge < -0.3 is 4.74 Å². The average Bonchev–Trinajstić information content (AvgIpc) is 2.61. The van der Waals surface area contributed by atoms with Gasteiger partial charge in [-0.1, -0.05) is 55.8 Å². The van der Waals surface area contributed by atoms with Crippen LogP contribution in [0, 0.1) is 13.8 Å². The van der Waals surface area contributed by atoms with Crippen molar-refractivity contribution in [1.82, 2.24) is 5.43 Å². The number of amides is 1. The highest BCUT2D eigenvalue weighted by Crippen LogP contribution is 2.28. The Labute approximate surface area is 149 Å². The lowest BCUT2D eigenvalue weighted by Gasteiger charge is -2.15. The number of benzene rings is 2. The van der Waals surface area contributed by atoms with Crippen molar-refractivity contribution in [3.05, 3.63) is 64.7 Å². The molecule has 0 aliphatic carbocycles. The molecule has 0 heterocycles. The molecular weight excluding hydrogens is 312 g/mol. The summed E-state index contributed by atoms with van der Waals surface area (Å²) in [4.78, 5) is 11.9. The standard InChI is InChI=1S/C21H26N2O2/c1-5-16(3)19-8-6-7-9-20(19)25-14-21(24)23-22-13-18-11-10-15(2)12-17(18)4/h6-13,16H,5,14H2,1-4H3,(H,23,24). The van der Waals surface area contributed by atoms with Crippen molar-refractivity contribution in [2.75, 3.05) is 6.61 Å². The van der Waals surface area contributed by atoms with Gasteiger partial charge in [0, 0.05) is 0 Å². The van der Waals surface area contributed by atoms with Gasteiger partial charge in [-0.25, -0.2) is 5.43 Å². The van der Waals surface area contributed by atoms with Gasteiger partial charge in [-0.05, 0) is 48.9 Å². The summed E-state index contributed by atoms with van der Waals surface area (Å²) in [5, 5.41) is 4.01. The molecule has 0 saturated carbocycles. The largest absolute Gasteiger partial charge is 0.483 e. The van der Waals surface area contributed by atoms with Crippen LogP contribution in [0.3, 0.4) is 0 Å². The van der Waals surface area contributed by atoms with Crippen LogP contribution in [0.25, 0.3) is 0 Å². The van der Waals surface area contributed by atoms with Crippen molar-refractivity contribution >= 4 is 12.1 Å². The maximum Gasteiger partial charge on any atom is 0.277 e. The van der Waals surface area contributed by atoms with Crippen LogP contribution in [0.15, 0.2) is 47.6 Å². The van der Waals surface area contributed by atoms with Crippen LogP contribution in [0.5, 0.6) is 5.75 Å². The van der Waals surface area contributed by atoms with E-state index in [1.165, 1.54) is 5.56 Å². The van der Waals surface area contributed by atoms with E-state index in [1.54, 1.807) is 6.21 Å². The molecule has 2 aromatic rings. The fourth-order valence-electron chi connectivity index (χ4n) is 2.56. The maximum atomic E-state index is 11.9. The van der Waals surface area contributed by atoms with E-state index in [-0.39, 0.29) is 12.5 Å². The van der Waals surface area contributed by atoms with Crippen LogP contribution in [0.4, 0.5) is 0 Å². The molecule has 4 nitrogen and oxygen atoms in total. The lowest BCUT2D eigenvalue weighted by atomic mass is 9.98. The number of hydrazone groups is 1. The van der Waals surface area contributed by atoms with Crippen LogP contribution < -0.4 is 10.2 Å². The quantitative estimate of drug-likeness (QED) is 0.603. The fraction of sp³-hybridized carbons (Fsp3) is 0.333. The third kappa shape index (κ3) is 5.45. The molecule has 0 bridgehead atoms. The first-order valence-electron chi connectivity index (χ1n) is 8.62. The molecule has 0 saturated heterocycles. The second kappa shape index (κ2) is 9.02. The maximum absolute atomic E-state index is 11.9. The second-order valence-electron chi connectivity index (χ2n) is 6.29. The van der Waals surface area contributed by atoms with E-state index in [2.05, 4.69) is 30.4 Å². The highest BCUT2D eigenvalue weighted by Gasteiger charge is 2.10. The number of aryl methyl sites for hydroxylation is 2. The first-order chi connectivity index (χ1) is 12.0. The third-order valence-electron chi connectivity index (χ3n) is 4.24. The fourth-order valence-corrected chi connectivity index (χ4v) is 2.56. The predicted octanol–water partition coefficient (Wildman–Crippen LogP) is 4.35. The smallest absolute Gasteiger partial charge is 0.277 e. The van der Waals surface area contributed by atoms with Gasteiger partial charge in [-0.3, -0.25) is 4.79 Å². The molecule has 0 aliphatic rings. The Hall–Kier alpha value is -2.62. The zero-order chi connectivity index (χ0) is 18.2. The molecule has 0 aromatic heterocycles. The Balaban J connectivity index is 1.90. The van der Waals surface area contributed by atoms with Crippen molar-refractivity contribution in [3.63, 3.8) is 0 Å². The number of carbonyl (C=O) groups is 1. The number of hydrogen-bond acceptors (Lipinski definition) is 3. The van der Waals surface area contributed by atoms with E-state index in [0.29, 0.717) is 5.92 Å². The van der Waals surface area contributed by atoms with Gasteiger partial charge in [0.25, 0.3) is 5.91 Å². The molecule has 0 spiro atoms. The van der Waals surface area contributed by atoms with Gasteiger partial charge in [0.15, 0.2) is 6.61 Å². The predicted molar refractivity (Wildman–Crippen MR) is 102 cm³/mol. The Morgan fingerprint density at radius 1 is 1.24 bits per heavy atom. The van der Waals surface area contributed by atoms with E-state index in [9.17, 15) is 4.79 Å². The summed E-state index contributed by atoms with van der Waals surface area (Å²) in [6, 6.07) is 13.9. The molecule has 0 aliphatic heterocycles. The summed E-state index contributed by atoms with van der Waals surface area (Å²) in [6.45, 7) is 8.29. The lowest BCUT2D eigenvalue weighted by Crippen LogP contribution is -2.25. The Morgan fingerprint density at radius 3 is 2.72 bits per heavy atom. The molecule has 4 heteroatoms. The second-order valence-corrected chi connectivity index (χ2v) is 6.29. The highest BCUT2D eigenvalue weighted by atomic mass is 16.5. The van der Waals surface area contributed by atoms with Gasteiger partial charge in [0.2, 0.25) is 0 Å². The minimum Gasteiger partial charge on any atom is -0.483 e. The first kappa shape index (κ1) is 18.7. The number of para-hydroxylation sites is 1. The van der Waals surface area contributed by atoms with Crippen molar-refractivity contribution in [3.8, 4) is 5.75 Å². The summed E-state index contributed by atoms with van der Waals surface area (Å²) in [7, 11) is 0. The van der Waals surface area contributed by atoms with E-state index in [4.69, 9.17) is 4.74 Å². The van der Waals surface area contributed by atoms with Crippen LogP contribution >= 0.6 is 0 Å². The molecule has 25 heavy (non-hydrogen) atoms. The SMILES string of the molecule is CCC(C)c1ccccc1OCC(=O)NN=Cc1ccc(C)cc1C. The lowest BCUT2D eigenvalue weighted by molar-refractivity contribution is -0.123. The zero-order valence-corrected chi connectivity index (χ0v) is 15.4. The van der Waals surface area contributed by atoms with Gasteiger partial charge >= 0.3 is 0 Å². The van der Waals surface area contributed by atoms with Gasteiger partial charge in [0.05, 0.1) is 6.21 Å². The van der Waals surface area contributed by atoms with Crippen LogP contribution in [-0.2, 0) is 4.79 Å². The number of ether oxygens (including phenoxy) is 1. The minimum atomic E-state index is -0.278. The van der Waals surface area contributed by atoms with Crippen molar-refractivity contribution < 1.29 is 9.53 Å². The summed E-state index contributed by atoms with van der Waals surface area (Å²) in [6.07, 6.45) is 2.67. The van der Waals surface area contributed by atoms with Gasteiger partial charge in [0.1, 0.15) is 5.75 Å². The molecule has 1 unspecified atom stereocenters. The zero-order valence-electron chi connectivity index (χ0n) is 15.4. The molecule has 2 aromatic carbocycles. The van der Waals surface area contributed by atoms with Crippen molar-refractivity contribution in [2.45, 2.75) is 40.0 Å². The number of nitrogens with zero attached hydrogens (tertiary/aromatic N) is 1. The number of nitrogens with one attached hydrogen (secondary N) is 1. The van der Waals surface area contributed by atoms with Crippen molar-refractivity contribution in [2.24, 2.45) is 5.10 Å². The number of hydrogen-bond donors (Lipinski definition) is 1. The topological polar surface area (TPSA) is 50.7 Å². The summed E-state index contributed by atoms with van der Waals surface area (Å²) >= 11 is 0. The van der Waals surface area contributed by atoms with Crippen LogP contribution in [-0.4, -0.2) is 18.7 Å². The molecular formula is C21H26N2O2. The summed E-state index contributed by atoms with van der Waals surface area (Å²) < 4.78 is 5.68.